The highest BCUT2D eigenvalue weighted by Crippen LogP contribution is 2.25. The summed E-state index contributed by atoms with van der Waals surface area (Å²) < 4.78 is 0. The van der Waals surface area contributed by atoms with E-state index < -0.39 is 0 Å². The Kier molecular flexibility index (Phi) is 4.25. The minimum absolute atomic E-state index is 0.164. The van der Waals surface area contributed by atoms with Crippen LogP contribution in [0.2, 0.25) is 0 Å². The highest BCUT2D eigenvalue weighted by molar-refractivity contribution is 5.48. The summed E-state index contributed by atoms with van der Waals surface area (Å²) in [7, 11) is 0. The summed E-state index contributed by atoms with van der Waals surface area (Å²) >= 11 is 0. The van der Waals surface area contributed by atoms with Crippen LogP contribution in [0.3, 0.4) is 0 Å². The molecule has 3 heteroatoms. The molecule has 1 aromatic rings. The highest BCUT2D eigenvalue weighted by atomic mass is 16.3. The van der Waals surface area contributed by atoms with Crippen molar-refractivity contribution in [1.82, 2.24) is 0 Å². The number of nitrogens with zero attached hydrogens (tertiary/aromatic N) is 1. The number of benzene rings is 1. The normalized spacial score (nSPS) is 26.1. The van der Waals surface area contributed by atoms with E-state index in [0.717, 1.165) is 31.5 Å². The second-order valence-electron chi connectivity index (χ2n) is 5.29. The summed E-state index contributed by atoms with van der Waals surface area (Å²) in [6.45, 7) is 5.87. The summed E-state index contributed by atoms with van der Waals surface area (Å²) in [6.07, 6.45) is 1.05. The van der Waals surface area contributed by atoms with Crippen molar-refractivity contribution in [3.05, 3.63) is 29.8 Å². The van der Waals surface area contributed by atoms with Gasteiger partial charge in [-0.2, -0.15) is 0 Å². The number of anilines is 1. The first-order valence-corrected chi connectivity index (χ1v) is 6.83. The number of hydrogen-bond donors (Lipinski definition) is 2. The summed E-state index contributed by atoms with van der Waals surface area (Å²) in [4.78, 5) is 2.31. The lowest BCUT2D eigenvalue weighted by atomic mass is 9.96. The largest absolute Gasteiger partial charge is 0.393 e. The lowest BCUT2D eigenvalue weighted by molar-refractivity contribution is 0.0971. The van der Waals surface area contributed by atoms with Crippen molar-refractivity contribution in [3.8, 4) is 0 Å². The minimum Gasteiger partial charge on any atom is -0.393 e. The van der Waals surface area contributed by atoms with Gasteiger partial charge in [-0.05, 0) is 36.5 Å². The molecule has 0 aliphatic carbocycles. The molecule has 1 saturated heterocycles. The van der Waals surface area contributed by atoms with Gasteiger partial charge in [0.15, 0.2) is 0 Å². The second kappa shape index (κ2) is 5.72. The Morgan fingerprint density at radius 1 is 1.33 bits per heavy atom. The predicted octanol–water partition coefficient (Wildman–Crippen LogP) is 2.34. The smallest absolute Gasteiger partial charge is 0.0787 e. The van der Waals surface area contributed by atoms with E-state index in [1.165, 1.54) is 5.69 Å². The molecular weight excluding hydrogens is 226 g/mol. The molecule has 0 spiro atoms. The van der Waals surface area contributed by atoms with Gasteiger partial charge in [-0.15, -0.1) is 0 Å². The van der Waals surface area contributed by atoms with Gasteiger partial charge in [-0.1, -0.05) is 26.0 Å². The van der Waals surface area contributed by atoms with Crippen LogP contribution in [-0.4, -0.2) is 29.4 Å². The molecule has 0 aromatic heterocycles. The average molecular weight is 249 g/mol. The fourth-order valence-corrected chi connectivity index (χ4v) is 2.51. The van der Waals surface area contributed by atoms with Gasteiger partial charge in [0.2, 0.25) is 0 Å². The Bertz CT molecular complexity index is 377. The maximum Gasteiger partial charge on any atom is 0.0787 e. The van der Waals surface area contributed by atoms with Gasteiger partial charge in [0.25, 0.3) is 0 Å². The van der Waals surface area contributed by atoms with Crippen molar-refractivity contribution in [3.63, 3.8) is 0 Å². The van der Waals surface area contributed by atoms with Crippen LogP contribution >= 0.6 is 0 Å². The summed E-state index contributed by atoms with van der Waals surface area (Å²) in [5, 5.41) is 19.5. The van der Waals surface area contributed by atoms with Crippen molar-refractivity contribution >= 4 is 5.69 Å². The highest BCUT2D eigenvalue weighted by Gasteiger charge is 2.24. The molecule has 1 aliphatic heterocycles. The molecule has 1 aromatic carbocycles. The molecule has 2 N–H and O–H groups in total. The molecule has 3 nitrogen and oxygen atoms in total. The van der Waals surface area contributed by atoms with Crippen molar-refractivity contribution in [2.75, 3.05) is 18.0 Å². The van der Waals surface area contributed by atoms with E-state index in [2.05, 4.69) is 24.0 Å². The molecule has 3 atom stereocenters. The van der Waals surface area contributed by atoms with Gasteiger partial charge >= 0.3 is 0 Å². The van der Waals surface area contributed by atoms with E-state index in [1.54, 1.807) is 0 Å². The zero-order valence-corrected chi connectivity index (χ0v) is 11.2. The molecule has 0 saturated carbocycles. The zero-order chi connectivity index (χ0) is 13.1. The Morgan fingerprint density at radius 2 is 2.00 bits per heavy atom. The van der Waals surface area contributed by atoms with Crippen LogP contribution in [-0.2, 0) is 0 Å². The third kappa shape index (κ3) is 2.85. The van der Waals surface area contributed by atoms with Crippen LogP contribution in [0.15, 0.2) is 24.3 Å². The fraction of sp³-hybridized carbons (Fsp3) is 0.600. The number of rotatable bonds is 3. The maximum absolute atomic E-state index is 9.76. The van der Waals surface area contributed by atoms with Gasteiger partial charge in [-0.3, -0.25) is 0 Å². The third-order valence-electron chi connectivity index (χ3n) is 3.89. The van der Waals surface area contributed by atoms with E-state index in [1.807, 2.05) is 19.1 Å². The topological polar surface area (TPSA) is 43.7 Å². The molecule has 18 heavy (non-hydrogen) atoms. The quantitative estimate of drug-likeness (QED) is 0.864. The number of aliphatic hydroxyl groups excluding tert-OH is 2. The SMILES string of the molecule is CCC(O)c1ccc(N2CCC(O)C(C)C2)cc1. The second-order valence-corrected chi connectivity index (χ2v) is 5.29. The van der Waals surface area contributed by atoms with Gasteiger partial charge in [0.1, 0.15) is 0 Å². The first-order chi connectivity index (χ1) is 8.61. The predicted molar refractivity (Wildman–Crippen MR) is 73.7 cm³/mol. The van der Waals surface area contributed by atoms with E-state index >= 15 is 0 Å². The Balaban J connectivity index is 2.06. The number of piperidine rings is 1. The van der Waals surface area contributed by atoms with E-state index in [-0.39, 0.29) is 12.2 Å². The van der Waals surface area contributed by atoms with Gasteiger partial charge in [-0.25, -0.2) is 0 Å². The van der Waals surface area contributed by atoms with Crippen LogP contribution in [0.5, 0.6) is 0 Å². The molecule has 0 bridgehead atoms. The molecule has 1 heterocycles. The lowest BCUT2D eigenvalue weighted by Gasteiger charge is -2.36. The van der Waals surface area contributed by atoms with Crippen molar-refractivity contribution in [2.24, 2.45) is 5.92 Å². The summed E-state index contributed by atoms with van der Waals surface area (Å²) in [5.74, 6) is 0.319. The Hall–Kier alpha value is -1.06. The van der Waals surface area contributed by atoms with Crippen LogP contribution in [0.4, 0.5) is 5.69 Å². The Labute approximate surface area is 109 Å². The Morgan fingerprint density at radius 3 is 2.56 bits per heavy atom. The minimum atomic E-state index is -0.360. The molecular formula is C15H23NO2. The molecule has 1 aliphatic rings. The zero-order valence-electron chi connectivity index (χ0n) is 11.2. The number of aliphatic hydroxyl groups is 2. The van der Waals surface area contributed by atoms with E-state index in [4.69, 9.17) is 0 Å². The van der Waals surface area contributed by atoms with Crippen LogP contribution in [0, 0.1) is 5.92 Å². The van der Waals surface area contributed by atoms with Crippen molar-refractivity contribution in [1.29, 1.82) is 0 Å². The van der Waals surface area contributed by atoms with Gasteiger partial charge in [0, 0.05) is 18.8 Å². The van der Waals surface area contributed by atoms with E-state index in [9.17, 15) is 10.2 Å². The van der Waals surface area contributed by atoms with E-state index in [0.29, 0.717) is 5.92 Å². The third-order valence-corrected chi connectivity index (χ3v) is 3.89. The van der Waals surface area contributed by atoms with Crippen LogP contribution < -0.4 is 4.90 Å². The van der Waals surface area contributed by atoms with Crippen LogP contribution in [0.1, 0.15) is 38.4 Å². The number of hydrogen-bond acceptors (Lipinski definition) is 3. The molecule has 100 valence electrons. The van der Waals surface area contributed by atoms with Crippen LogP contribution in [0.25, 0.3) is 0 Å². The van der Waals surface area contributed by atoms with Gasteiger partial charge in [0.05, 0.1) is 12.2 Å². The molecule has 0 amide bonds. The fourth-order valence-electron chi connectivity index (χ4n) is 2.51. The molecule has 2 rings (SSSR count). The lowest BCUT2D eigenvalue weighted by Crippen LogP contribution is -2.41. The first kappa shape index (κ1) is 13.4. The first-order valence-electron chi connectivity index (χ1n) is 6.83. The molecule has 1 fully saturated rings. The average Bonchev–Trinajstić information content (AvgIpc) is 2.41. The molecule has 3 unspecified atom stereocenters. The maximum atomic E-state index is 9.76. The van der Waals surface area contributed by atoms with Crippen molar-refractivity contribution < 1.29 is 10.2 Å². The summed E-state index contributed by atoms with van der Waals surface area (Å²) in [5.41, 5.74) is 2.16. The van der Waals surface area contributed by atoms with Gasteiger partial charge < -0.3 is 15.1 Å². The monoisotopic (exact) mass is 249 g/mol. The summed E-state index contributed by atoms with van der Waals surface area (Å²) in [6, 6.07) is 8.13. The molecule has 0 radical (unpaired) electrons. The standard InChI is InChI=1S/C15H23NO2/c1-3-14(17)12-4-6-13(7-5-12)16-9-8-15(18)11(2)10-16/h4-7,11,14-15,17-18H,3,8-10H2,1-2H3. The van der Waals surface area contributed by atoms with Crippen molar-refractivity contribution in [2.45, 2.75) is 38.9 Å².